The van der Waals surface area contributed by atoms with Crippen molar-refractivity contribution in [2.45, 2.75) is 70.5 Å². The first kappa shape index (κ1) is 24.8. The van der Waals surface area contributed by atoms with E-state index in [0.717, 1.165) is 24.0 Å². The number of allylic oxidation sites excluding steroid dienone is 2. The molecule has 0 bridgehead atoms. The number of aromatic hydroxyl groups is 1. The minimum atomic E-state index is -0.819. The first-order valence-electron chi connectivity index (χ1n) is 11.1. The van der Waals surface area contributed by atoms with Crippen molar-refractivity contribution in [2.75, 3.05) is 0 Å². The summed E-state index contributed by atoms with van der Waals surface area (Å²) in [6.45, 7) is 2.04. The van der Waals surface area contributed by atoms with Crippen LogP contribution in [-0.4, -0.2) is 44.4 Å². The van der Waals surface area contributed by atoms with Crippen molar-refractivity contribution in [1.82, 2.24) is 0 Å². The highest BCUT2D eigenvalue weighted by atomic mass is 16.4. The Balaban J connectivity index is 1.93. The van der Waals surface area contributed by atoms with Crippen LogP contribution in [0.15, 0.2) is 42.5 Å². The predicted molar refractivity (Wildman–Crippen MR) is 119 cm³/mol. The molecule has 0 saturated heterocycles. The summed E-state index contributed by atoms with van der Waals surface area (Å²) in [5.41, 5.74) is 1.78. The lowest BCUT2D eigenvalue weighted by atomic mass is 9.90. The Morgan fingerprint density at radius 2 is 2.06 bits per heavy atom. The van der Waals surface area contributed by atoms with Crippen molar-refractivity contribution < 1.29 is 30.0 Å². The van der Waals surface area contributed by atoms with Gasteiger partial charge in [0.15, 0.2) is 0 Å². The number of aliphatic carboxylic acids is 1. The van der Waals surface area contributed by atoms with Gasteiger partial charge in [-0.25, -0.2) is 0 Å². The summed E-state index contributed by atoms with van der Waals surface area (Å²) in [6, 6.07) is 5.34. The molecule has 6 heteroatoms. The summed E-state index contributed by atoms with van der Waals surface area (Å²) in [5.74, 6) is -1.22. The zero-order valence-electron chi connectivity index (χ0n) is 18.1. The number of Topliss-reactive ketones (excluding diaryl/α,β-unsaturated/α-hetero) is 1. The van der Waals surface area contributed by atoms with Gasteiger partial charge in [-0.05, 0) is 42.9 Å². The molecule has 0 spiro atoms. The molecule has 1 aromatic rings. The minimum Gasteiger partial charge on any atom is -0.508 e. The molecule has 170 valence electrons. The van der Waals surface area contributed by atoms with E-state index in [1.54, 1.807) is 24.3 Å². The van der Waals surface area contributed by atoms with Crippen LogP contribution in [0.3, 0.4) is 0 Å². The molecule has 0 aromatic heterocycles. The van der Waals surface area contributed by atoms with Gasteiger partial charge in [0.25, 0.3) is 0 Å². The Kier molecular flexibility index (Phi) is 9.95. The molecule has 1 unspecified atom stereocenters. The second kappa shape index (κ2) is 12.4. The van der Waals surface area contributed by atoms with Gasteiger partial charge in [0.2, 0.25) is 0 Å². The molecule has 1 aliphatic carbocycles. The number of phenolic OH excluding ortho intramolecular Hbond substituents is 1. The molecule has 1 aromatic carbocycles. The van der Waals surface area contributed by atoms with Gasteiger partial charge in [-0.1, -0.05) is 49.8 Å². The van der Waals surface area contributed by atoms with Gasteiger partial charge < -0.3 is 20.4 Å². The smallest absolute Gasteiger partial charge is 0.303 e. The van der Waals surface area contributed by atoms with Crippen LogP contribution < -0.4 is 0 Å². The van der Waals surface area contributed by atoms with Gasteiger partial charge in [0, 0.05) is 31.1 Å². The third-order valence-electron chi connectivity index (χ3n) is 5.71. The highest BCUT2D eigenvalue weighted by Crippen LogP contribution is 2.33. The summed E-state index contributed by atoms with van der Waals surface area (Å²) in [6.07, 6.45) is 9.64. The molecule has 0 radical (unpaired) electrons. The molecule has 4 atom stereocenters. The number of hydrogen-bond acceptors (Lipinski definition) is 5. The van der Waals surface area contributed by atoms with E-state index in [1.165, 1.54) is 0 Å². The van der Waals surface area contributed by atoms with E-state index in [0.29, 0.717) is 25.7 Å². The number of ketones is 1. The maximum atomic E-state index is 12.3. The Bertz CT molecular complexity index is 797. The number of carbonyl (C=O) groups excluding carboxylic acids is 1. The zero-order valence-corrected chi connectivity index (χ0v) is 18.1. The van der Waals surface area contributed by atoms with Crippen LogP contribution in [-0.2, 0) is 22.4 Å². The number of benzene rings is 1. The second-order valence-corrected chi connectivity index (χ2v) is 8.28. The van der Waals surface area contributed by atoms with E-state index < -0.39 is 18.2 Å². The molecule has 0 heterocycles. The normalized spacial score (nSPS) is 22.5. The van der Waals surface area contributed by atoms with Gasteiger partial charge in [0.05, 0.1) is 12.2 Å². The van der Waals surface area contributed by atoms with Crippen molar-refractivity contribution in [3.05, 3.63) is 53.6 Å². The average Bonchev–Trinajstić information content (AvgIpc) is 2.98. The van der Waals surface area contributed by atoms with Crippen LogP contribution in [0, 0.1) is 11.8 Å². The lowest BCUT2D eigenvalue weighted by Crippen LogP contribution is -2.19. The van der Waals surface area contributed by atoms with Gasteiger partial charge in [0.1, 0.15) is 11.5 Å². The first-order chi connectivity index (χ1) is 14.8. The number of carbonyl (C=O) groups is 2. The number of aliphatic hydroxyl groups is 2. The van der Waals surface area contributed by atoms with E-state index in [-0.39, 0.29) is 36.2 Å². The Labute approximate surface area is 183 Å². The van der Waals surface area contributed by atoms with Gasteiger partial charge in [-0.3, -0.25) is 9.59 Å². The van der Waals surface area contributed by atoms with Crippen LogP contribution in [0.1, 0.15) is 56.6 Å². The Hall–Kier alpha value is -2.44. The van der Waals surface area contributed by atoms with Crippen molar-refractivity contribution in [3.8, 4) is 5.75 Å². The fourth-order valence-corrected chi connectivity index (χ4v) is 4.06. The highest BCUT2D eigenvalue weighted by molar-refractivity contribution is 5.84. The number of rotatable bonds is 12. The molecule has 1 fully saturated rings. The van der Waals surface area contributed by atoms with Crippen molar-refractivity contribution in [3.63, 3.8) is 0 Å². The average molecular weight is 431 g/mol. The fraction of sp³-hybridized carbons (Fsp3) is 0.520. The van der Waals surface area contributed by atoms with Crippen LogP contribution in [0.25, 0.3) is 0 Å². The standard InChI is InChI=1S/C25H34O6/c1-2-7-18-14-17(10-13-22(18)27)15-19(26)11-12-21-20(23(28)16-24(21)29)8-5-3-4-6-9-25(30)31/h3,5,10-14,19-21,24,26-27,29H,2,4,6-9,15-16H2,1H3,(H,30,31)/t19?,20-,21-,24-/m1/s1. The molecule has 1 aliphatic rings. The topological polar surface area (TPSA) is 115 Å². The van der Waals surface area contributed by atoms with Crippen molar-refractivity contribution in [2.24, 2.45) is 11.8 Å². The maximum Gasteiger partial charge on any atom is 0.303 e. The maximum absolute atomic E-state index is 12.3. The van der Waals surface area contributed by atoms with E-state index in [4.69, 9.17) is 5.11 Å². The van der Waals surface area contributed by atoms with Crippen LogP contribution >= 0.6 is 0 Å². The predicted octanol–water partition coefficient (Wildman–Crippen LogP) is 3.57. The lowest BCUT2D eigenvalue weighted by molar-refractivity contribution is -0.137. The monoisotopic (exact) mass is 430 g/mol. The van der Waals surface area contributed by atoms with Crippen molar-refractivity contribution >= 4 is 11.8 Å². The zero-order chi connectivity index (χ0) is 22.8. The SMILES string of the molecule is CCCc1cc(CC(O)C=C[C@H]2[C@H](O)CC(=O)[C@@H]2CC=CCCCC(=O)O)ccc1O. The number of carboxylic acids is 1. The van der Waals surface area contributed by atoms with Gasteiger partial charge in [-0.15, -0.1) is 0 Å². The molecule has 6 nitrogen and oxygen atoms in total. The molecular weight excluding hydrogens is 396 g/mol. The van der Waals surface area contributed by atoms with Gasteiger partial charge in [-0.2, -0.15) is 0 Å². The van der Waals surface area contributed by atoms with E-state index in [2.05, 4.69) is 0 Å². The number of hydrogen-bond donors (Lipinski definition) is 4. The van der Waals surface area contributed by atoms with E-state index >= 15 is 0 Å². The molecule has 0 amide bonds. The molecule has 4 N–H and O–H groups in total. The van der Waals surface area contributed by atoms with Crippen LogP contribution in [0.5, 0.6) is 5.75 Å². The lowest BCUT2D eigenvalue weighted by Gasteiger charge is -2.17. The number of carboxylic acid groups (broad SMARTS) is 1. The third-order valence-corrected chi connectivity index (χ3v) is 5.71. The van der Waals surface area contributed by atoms with E-state index in [1.807, 2.05) is 25.1 Å². The number of aliphatic hydroxyl groups excluding tert-OH is 2. The molecule has 31 heavy (non-hydrogen) atoms. The summed E-state index contributed by atoms with van der Waals surface area (Å²) in [4.78, 5) is 22.8. The number of aryl methyl sites for hydroxylation is 1. The van der Waals surface area contributed by atoms with Crippen LogP contribution in [0.2, 0.25) is 0 Å². The van der Waals surface area contributed by atoms with Crippen LogP contribution in [0.4, 0.5) is 0 Å². The second-order valence-electron chi connectivity index (χ2n) is 8.28. The third kappa shape index (κ3) is 7.96. The number of unbranched alkanes of at least 4 members (excludes halogenated alkanes) is 1. The largest absolute Gasteiger partial charge is 0.508 e. The fourth-order valence-electron chi connectivity index (χ4n) is 4.06. The summed E-state index contributed by atoms with van der Waals surface area (Å²) in [5, 5.41) is 39.3. The summed E-state index contributed by atoms with van der Waals surface area (Å²) >= 11 is 0. The van der Waals surface area contributed by atoms with Crippen molar-refractivity contribution in [1.29, 1.82) is 0 Å². The molecule has 0 aliphatic heterocycles. The van der Waals surface area contributed by atoms with E-state index in [9.17, 15) is 24.9 Å². The summed E-state index contributed by atoms with van der Waals surface area (Å²) in [7, 11) is 0. The minimum absolute atomic E-state index is 0.00886. The molecular formula is C25H34O6. The molecule has 2 rings (SSSR count). The highest BCUT2D eigenvalue weighted by Gasteiger charge is 2.39. The van der Waals surface area contributed by atoms with Gasteiger partial charge >= 0.3 is 5.97 Å². The first-order valence-corrected chi connectivity index (χ1v) is 11.1. The summed E-state index contributed by atoms with van der Waals surface area (Å²) < 4.78 is 0. The Morgan fingerprint density at radius 3 is 2.77 bits per heavy atom. The number of phenols is 1. The Morgan fingerprint density at radius 1 is 1.29 bits per heavy atom. The molecule has 1 saturated carbocycles. The quantitative estimate of drug-likeness (QED) is 0.298.